The molecule has 1 heterocycles. The molecule has 0 saturated carbocycles. The predicted octanol–water partition coefficient (Wildman–Crippen LogP) is 3.37. The van der Waals surface area contributed by atoms with Crippen molar-refractivity contribution in [2.24, 2.45) is 0 Å². The van der Waals surface area contributed by atoms with Crippen LogP contribution in [0.3, 0.4) is 0 Å². The minimum atomic E-state index is -0.741. The summed E-state index contributed by atoms with van der Waals surface area (Å²) >= 11 is 1.59. The molecule has 0 radical (unpaired) electrons. The number of rotatable bonds is 8. The molecule has 0 aromatic heterocycles. The topological polar surface area (TPSA) is 84.9 Å². The van der Waals surface area contributed by atoms with Crippen LogP contribution in [0, 0.1) is 0 Å². The van der Waals surface area contributed by atoms with Crippen molar-refractivity contribution < 1.29 is 23.9 Å². The highest BCUT2D eigenvalue weighted by molar-refractivity contribution is 7.98. The molecule has 0 bridgehead atoms. The van der Waals surface area contributed by atoms with Crippen LogP contribution in [0.2, 0.25) is 0 Å². The summed E-state index contributed by atoms with van der Waals surface area (Å²) in [6, 6.07) is 8.06. The maximum Gasteiger partial charge on any atom is 0.408 e. The third-order valence-electron chi connectivity index (χ3n) is 4.63. The summed E-state index contributed by atoms with van der Waals surface area (Å²) in [6.45, 7) is 5.94. The predicted molar refractivity (Wildman–Crippen MR) is 117 cm³/mol. The number of carbonyl (C=O) groups is 3. The van der Waals surface area contributed by atoms with Crippen molar-refractivity contribution in [3.05, 3.63) is 35.9 Å². The van der Waals surface area contributed by atoms with Gasteiger partial charge in [0.15, 0.2) is 0 Å². The Bertz CT molecular complexity index is 720. The Morgan fingerprint density at radius 2 is 1.93 bits per heavy atom. The number of likely N-dealkylation sites (tertiary alicyclic amines) is 1. The summed E-state index contributed by atoms with van der Waals surface area (Å²) in [5.41, 5.74) is 0.236. The van der Waals surface area contributed by atoms with Crippen molar-refractivity contribution >= 4 is 29.7 Å². The minimum absolute atomic E-state index is 0.171. The van der Waals surface area contributed by atoms with Gasteiger partial charge in [0.25, 0.3) is 0 Å². The number of thioether (sulfide) groups is 1. The summed E-state index contributed by atoms with van der Waals surface area (Å²) < 4.78 is 10.8. The number of alkyl carbamates (subject to hydrolysis) is 1. The standard InChI is InChI=1S/C22H32N2O5S/c1-22(2,3)29-21(27)23-17(12-14-30-4)19(25)24-13-8-11-18(24)20(26)28-15-16-9-6-5-7-10-16/h5-7,9-10,17-18H,8,11-15H2,1-4H3,(H,23,27)/t17-,18-/m0/s1. The molecular weight excluding hydrogens is 404 g/mol. The molecule has 7 nitrogen and oxygen atoms in total. The number of hydrogen-bond donors (Lipinski definition) is 1. The highest BCUT2D eigenvalue weighted by atomic mass is 32.2. The molecule has 2 atom stereocenters. The van der Waals surface area contributed by atoms with E-state index in [1.807, 2.05) is 36.6 Å². The van der Waals surface area contributed by atoms with Gasteiger partial charge in [-0.15, -0.1) is 0 Å². The number of nitrogens with one attached hydrogen (secondary N) is 1. The molecule has 1 aromatic carbocycles. The van der Waals surface area contributed by atoms with Crippen LogP contribution in [0.25, 0.3) is 0 Å². The first kappa shape index (κ1) is 24.1. The maximum atomic E-state index is 13.2. The first-order valence-electron chi connectivity index (χ1n) is 10.2. The molecule has 166 valence electrons. The van der Waals surface area contributed by atoms with E-state index in [0.717, 1.165) is 12.0 Å². The second-order valence-corrected chi connectivity index (χ2v) is 9.25. The molecule has 1 fully saturated rings. The van der Waals surface area contributed by atoms with Crippen molar-refractivity contribution in [2.45, 2.75) is 64.3 Å². The van der Waals surface area contributed by atoms with E-state index in [1.165, 1.54) is 4.90 Å². The number of carbonyl (C=O) groups excluding carboxylic acids is 3. The third kappa shape index (κ3) is 7.55. The van der Waals surface area contributed by atoms with E-state index in [4.69, 9.17) is 9.47 Å². The second-order valence-electron chi connectivity index (χ2n) is 8.26. The lowest BCUT2D eigenvalue weighted by atomic mass is 10.1. The summed E-state index contributed by atoms with van der Waals surface area (Å²) in [6.07, 6.45) is 3.04. The molecule has 1 aliphatic heterocycles. The molecular formula is C22H32N2O5S. The molecule has 30 heavy (non-hydrogen) atoms. The van der Waals surface area contributed by atoms with E-state index in [0.29, 0.717) is 25.1 Å². The van der Waals surface area contributed by atoms with E-state index in [2.05, 4.69) is 5.32 Å². The zero-order valence-corrected chi connectivity index (χ0v) is 19.0. The maximum absolute atomic E-state index is 13.2. The zero-order chi connectivity index (χ0) is 22.1. The molecule has 2 amide bonds. The van der Waals surface area contributed by atoms with Crippen LogP contribution in [-0.4, -0.2) is 59.1 Å². The van der Waals surface area contributed by atoms with Gasteiger partial charge in [-0.3, -0.25) is 4.79 Å². The van der Waals surface area contributed by atoms with Gasteiger partial charge in [-0.1, -0.05) is 30.3 Å². The monoisotopic (exact) mass is 436 g/mol. The van der Waals surface area contributed by atoms with Crippen molar-refractivity contribution in [3.63, 3.8) is 0 Å². The molecule has 1 aromatic rings. The van der Waals surface area contributed by atoms with Crippen molar-refractivity contribution in [3.8, 4) is 0 Å². The third-order valence-corrected chi connectivity index (χ3v) is 5.28. The Hall–Kier alpha value is -2.22. The van der Waals surface area contributed by atoms with E-state index >= 15 is 0 Å². The zero-order valence-electron chi connectivity index (χ0n) is 18.2. The molecule has 1 N–H and O–H groups in total. The lowest BCUT2D eigenvalue weighted by Gasteiger charge is -2.29. The van der Waals surface area contributed by atoms with Crippen molar-refractivity contribution in [2.75, 3.05) is 18.6 Å². The number of ether oxygens (including phenoxy) is 2. The van der Waals surface area contributed by atoms with Crippen molar-refractivity contribution in [1.82, 2.24) is 10.2 Å². The van der Waals surface area contributed by atoms with Gasteiger partial charge in [-0.05, 0) is 57.6 Å². The molecule has 1 aliphatic rings. The van der Waals surface area contributed by atoms with E-state index in [-0.39, 0.29) is 12.5 Å². The smallest absolute Gasteiger partial charge is 0.408 e. The first-order chi connectivity index (χ1) is 14.2. The molecule has 0 unspecified atom stereocenters. The molecule has 1 saturated heterocycles. The normalized spacial score (nSPS) is 17.3. The SMILES string of the molecule is CSCC[C@H](NC(=O)OC(C)(C)C)C(=O)N1CCC[C@H]1C(=O)OCc1ccccc1. The largest absolute Gasteiger partial charge is 0.459 e. The van der Waals surface area contributed by atoms with Gasteiger partial charge in [-0.25, -0.2) is 9.59 Å². The Kier molecular flexibility index (Phi) is 9.02. The molecule has 8 heteroatoms. The Morgan fingerprint density at radius 1 is 1.23 bits per heavy atom. The summed E-state index contributed by atoms with van der Waals surface area (Å²) in [5.74, 6) is 0.0167. The van der Waals surface area contributed by atoms with Crippen LogP contribution in [0.1, 0.15) is 45.6 Å². The van der Waals surface area contributed by atoms with Crippen LogP contribution in [-0.2, 0) is 25.7 Å². The Labute approximate surface area is 182 Å². The summed E-state index contributed by atoms with van der Waals surface area (Å²) in [7, 11) is 0. The lowest BCUT2D eigenvalue weighted by Crippen LogP contribution is -2.52. The summed E-state index contributed by atoms with van der Waals surface area (Å²) in [4.78, 5) is 39.6. The fourth-order valence-electron chi connectivity index (χ4n) is 3.24. The highest BCUT2D eigenvalue weighted by Crippen LogP contribution is 2.21. The minimum Gasteiger partial charge on any atom is -0.459 e. The number of nitrogens with zero attached hydrogens (tertiary/aromatic N) is 1. The first-order valence-corrected chi connectivity index (χ1v) is 11.6. The lowest BCUT2D eigenvalue weighted by molar-refractivity contribution is -0.155. The van der Waals surface area contributed by atoms with E-state index in [9.17, 15) is 14.4 Å². The van der Waals surface area contributed by atoms with Gasteiger partial charge in [0.1, 0.15) is 24.3 Å². The number of esters is 1. The second kappa shape index (κ2) is 11.2. The van der Waals surface area contributed by atoms with Gasteiger partial charge < -0.3 is 19.7 Å². The Balaban J connectivity index is 2.01. The van der Waals surface area contributed by atoms with Crippen molar-refractivity contribution in [1.29, 1.82) is 0 Å². The average molecular weight is 437 g/mol. The van der Waals surface area contributed by atoms with E-state index < -0.39 is 29.7 Å². The number of benzene rings is 1. The molecule has 0 aliphatic carbocycles. The summed E-state index contributed by atoms with van der Waals surface area (Å²) in [5, 5.41) is 2.68. The fourth-order valence-corrected chi connectivity index (χ4v) is 3.71. The van der Waals surface area contributed by atoms with Crippen LogP contribution >= 0.6 is 11.8 Å². The number of amides is 2. The fraction of sp³-hybridized carbons (Fsp3) is 0.591. The van der Waals surface area contributed by atoms with Crippen LogP contribution < -0.4 is 5.32 Å². The molecule has 2 rings (SSSR count). The average Bonchev–Trinajstić information content (AvgIpc) is 3.18. The van der Waals surface area contributed by atoms with Gasteiger partial charge in [0.2, 0.25) is 5.91 Å². The van der Waals surface area contributed by atoms with Crippen LogP contribution in [0.15, 0.2) is 30.3 Å². The van der Waals surface area contributed by atoms with Gasteiger partial charge >= 0.3 is 12.1 Å². The highest BCUT2D eigenvalue weighted by Gasteiger charge is 2.38. The van der Waals surface area contributed by atoms with Gasteiger partial charge in [-0.2, -0.15) is 11.8 Å². The quantitative estimate of drug-likeness (QED) is 0.629. The molecule has 0 spiro atoms. The van der Waals surface area contributed by atoms with Crippen LogP contribution in [0.5, 0.6) is 0 Å². The number of hydrogen-bond acceptors (Lipinski definition) is 6. The van der Waals surface area contributed by atoms with Gasteiger partial charge in [0.05, 0.1) is 0 Å². The van der Waals surface area contributed by atoms with Crippen LogP contribution in [0.4, 0.5) is 4.79 Å². The van der Waals surface area contributed by atoms with Gasteiger partial charge in [0, 0.05) is 6.54 Å². The van der Waals surface area contributed by atoms with E-state index in [1.54, 1.807) is 32.5 Å². The Morgan fingerprint density at radius 3 is 2.57 bits per heavy atom.